The van der Waals surface area contributed by atoms with Gasteiger partial charge in [-0.3, -0.25) is 4.79 Å². The summed E-state index contributed by atoms with van der Waals surface area (Å²) >= 11 is 6.07. The number of rotatable bonds is 4. The molecular formula is C16H13ClN4O2. The topological polar surface area (TPSA) is 68.5 Å². The van der Waals surface area contributed by atoms with Crippen molar-refractivity contribution >= 4 is 29.0 Å². The van der Waals surface area contributed by atoms with Gasteiger partial charge in [0.15, 0.2) is 11.5 Å². The van der Waals surface area contributed by atoms with Crippen molar-refractivity contribution in [2.45, 2.75) is 12.8 Å². The molecule has 1 aliphatic carbocycles. The van der Waals surface area contributed by atoms with E-state index in [2.05, 4.69) is 15.4 Å². The highest BCUT2D eigenvalue weighted by molar-refractivity contribution is 6.32. The van der Waals surface area contributed by atoms with E-state index >= 15 is 0 Å². The number of ether oxygens (including phenoxy) is 1. The Balaban J connectivity index is 1.57. The van der Waals surface area contributed by atoms with Crippen LogP contribution in [0.15, 0.2) is 42.6 Å². The highest BCUT2D eigenvalue weighted by Crippen LogP contribution is 2.30. The van der Waals surface area contributed by atoms with Gasteiger partial charge in [0.25, 0.3) is 0 Å². The molecule has 1 aliphatic rings. The standard InChI is InChI=1S/C16H13ClN4O2/c17-11-3-1-2-4-12(11)23-15-8-7-14-18-13(9-21(14)20-15)19-16(22)10-5-6-10/h1-4,7-10H,5-6H2,(H,19,22). The zero-order valence-electron chi connectivity index (χ0n) is 12.1. The number of anilines is 1. The Morgan fingerprint density at radius 3 is 2.87 bits per heavy atom. The number of hydrogen-bond acceptors (Lipinski definition) is 4. The molecule has 7 heteroatoms. The number of imidazole rings is 1. The molecule has 2 heterocycles. The molecular weight excluding hydrogens is 316 g/mol. The normalized spacial score (nSPS) is 14.0. The maximum Gasteiger partial charge on any atom is 0.237 e. The fourth-order valence-electron chi connectivity index (χ4n) is 2.19. The van der Waals surface area contributed by atoms with Gasteiger partial charge in [-0.2, -0.15) is 0 Å². The molecule has 1 amide bonds. The van der Waals surface area contributed by atoms with Crippen molar-refractivity contribution in [1.82, 2.24) is 14.6 Å². The Labute approximate surface area is 137 Å². The van der Waals surface area contributed by atoms with Gasteiger partial charge >= 0.3 is 0 Å². The smallest absolute Gasteiger partial charge is 0.237 e. The van der Waals surface area contributed by atoms with Crippen LogP contribution in [-0.2, 0) is 4.79 Å². The monoisotopic (exact) mass is 328 g/mol. The van der Waals surface area contributed by atoms with Crippen molar-refractivity contribution in [1.29, 1.82) is 0 Å². The van der Waals surface area contributed by atoms with Gasteiger partial charge in [0, 0.05) is 12.0 Å². The van der Waals surface area contributed by atoms with Gasteiger partial charge in [-0.15, -0.1) is 5.10 Å². The van der Waals surface area contributed by atoms with Crippen LogP contribution in [0.4, 0.5) is 5.82 Å². The molecule has 2 aromatic heterocycles. The van der Waals surface area contributed by atoms with Crippen LogP contribution >= 0.6 is 11.6 Å². The largest absolute Gasteiger partial charge is 0.436 e. The van der Waals surface area contributed by atoms with E-state index in [1.54, 1.807) is 35.0 Å². The Hall–Kier alpha value is -2.60. The molecule has 23 heavy (non-hydrogen) atoms. The Kier molecular flexibility index (Phi) is 3.38. The highest BCUT2D eigenvalue weighted by atomic mass is 35.5. The van der Waals surface area contributed by atoms with Gasteiger partial charge in [0.2, 0.25) is 11.8 Å². The van der Waals surface area contributed by atoms with Crippen LogP contribution in [0.3, 0.4) is 0 Å². The maximum atomic E-state index is 11.8. The summed E-state index contributed by atoms with van der Waals surface area (Å²) in [6.07, 6.45) is 3.57. The van der Waals surface area contributed by atoms with Gasteiger partial charge < -0.3 is 10.1 Å². The van der Waals surface area contributed by atoms with Crippen LogP contribution in [0, 0.1) is 5.92 Å². The van der Waals surface area contributed by atoms with Crippen LogP contribution in [-0.4, -0.2) is 20.5 Å². The lowest BCUT2D eigenvalue weighted by Crippen LogP contribution is -2.13. The summed E-state index contributed by atoms with van der Waals surface area (Å²) in [6, 6.07) is 10.7. The van der Waals surface area contributed by atoms with Crippen LogP contribution < -0.4 is 10.1 Å². The second kappa shape index (κ2) is 5.55. The number of fused-ring (bicyclic) bond motifs is 1. The molecule has 0 spiro atoms. The lowest BCUT2D eigenvalue weighted by molar-refractivity contribution is -0.117. The molecule has 1 saturated carbocycles. The molecule has 1 aromatic carbocycles. The van der Waals surface area contributed by atoms with E-state index in [1.807, 2.05) is 12.1 Å². The van der Waals surface area contributed by atoms with E-state index in [1.165, 1.54) is 0 Å². The molecule has 0 radical (unpaired) electrons. The lowest BCUT2D eigenvalue weighted by atomic mass is 10.3. The summed E-state index contributed by atoms with van der Waals surface area (Å²) in [6.45, 7) is 0. The fraction of sp³-hybridized carbons (Fsp3) is 0.188. The molecule has 0 aliphatic heterocycles. The average molecular weight is 329 g/mol. The molecule has 0 atom stereocenters. The SMILES string of the molecule is O=C(Nc1cn2nc(Oc3ccccc3Cl)ccc2n1)C1CC1. The molecule has 1 fully saturated rings. The quantitative estimate of drug-likeness (QED) is 0.795. The number of aromatic nitrogens is 3. The average Bonchev–Trinajstić information content (AvgIpc) is 3.31. The number of amides is 1. The third-order valence-electron chi connectivity index (χ3n) is 3.55. The second-order valence-electron chi connectivity index (χ2n) is 5.40. The summed E-state index contributed by atoms with van der Waals surface area (Å²) in [5.41, 5.74) is 0.627. The van der Waals surface area contributed by atoms with E-state index in [-0.39, 0.29) is 11.8 Å². The minimum atomic E-state index is 0.0148. The van der Waals surface area contributed by atoms with Crippen molar-refractivity contribution in [3.05, 3.63) is 47.6 Å². The summed E-state index contributed by atoms with van der Waals surface area (Å²) in [4.78, 5) is 16.1. The van der Waals surface area contributed by atoms with Gasteiger partial charge in [0.1, 0.15) is 5.75 Å². The first-order valence-electron chi connectivity index (χ1n) is 7.29. The number of para-hydroxylation sites is 1. The predicted molar refractivity (Wildman–Crippen MR) is 85.9 cm³/mol. The number of halogens is 1. The number of nitrogens with zero attached hydrogens (tertiary/aromatic N) is 3. The van der Waals surface area contributed by atoms with Crippen molar-refractivity contribution < 1.29 is 9.53 Å². The maximum absolute atomic E-state index is 11.8. The zero-order valence-corrected chi connectivity index (χ0v) is 12.8. The molecule has 1 N–H and O–H groups in total. The molecule has 4 rings (SSSR count). The summed E-state index contributed by atoms with van der Waals surface area (Å²) in [7, 11) is 0. The zero-order chi connectivity index (χ0) is 15.8. The highest BCUT2D eigenvalue weighted by Gasteiger charge is 2.30. The molecule has 0 unspecified atom stereocenters. The molecule has 0 bridgehead atoms. The number of benzene rings is 1. The van der Waals surface area contributed by atoms with Gasteiger partial charge in [-0.1, -0.05) is 23.7 Å². The second-order valence-corrected chi connectivity index (χ2v) is 5.80. The Morgan fingerprint density at radius 2 is 2.09 bits per heavy atom. The van der Waals surface area contributed by atoms with Crippen LogP contribution in [0.1, 0.15) is 12.8 Å². The first-order chi connectivity index (χ1) is 11.2. The van der Waals surface area contributed by atoms with Crippen molar-refractivity contribution in [2.75, 3.05) is 5.32 Å². The van der Waals surface area contributed by atoms with Crippen molar-refractivity contribution in [2.24, 2.45) is 5.92 Å². The number of carbonyl (C=O) groups excluding carboxylic acids is 1. The van der Waals surface area contributed by atoms with E-state index in [9.17, 15) is 4.79 Å². The van der Waals surface area contributed by atoms with Crippen LogP contribution in [0.25, 0.3) is 5.65 Å². The first kappa shape index (κ1) is 14.0. The Bertz CT molecular complexity index is 889. The predicted octanol–water partition coefficient (Wildman–Crippen LogP) is 3.52. The third kappa shape index (κ3) is 2.98. The minimum Gasteiger partial charge on any atom is -0.436 e. The first-order valence-corrected chi connectivity index (χ1v) is 7.66. The van der Waals surface area contributed by atoms with Gasteiger partial charge in [0.05, 0.1) is 11.2 Å². The number of hydrogen-bond donors (Lipinski definition) is 1. The Morgan fingerprint density at radius 1 is 1.26 bits per heavy atom. The molecule has 116 valence electrons. The number of nitrogens with one attached hydrogen (secondary N) is 1. The summed E-state index contributed by atoms with van der Waals surface area (Å²) < 4.78 is 7.24. The molecule has 6 nitrogen and oxygen atoms in total. The molecule has 0 saturated heterocycles. The third-order valence-corrected chi connectivity index (χ3v) is 3.86. The van der Waals surface area contributed by atoms with Crippen LogP contribution in [0.5, 0.6) is 11.6 Å². The van der Waals surface area contributed by atoms with Crippen molar-refractivity contribution in [3.8, 4) is 11.6 Å². The van der Waals surface area contributed by atoms with Crippen LogP contribution in [0.2, 0.25) is 5.02 Å². The lowest BCUT2D eigenvalue weighted by Gasteiger charge is -2.05. The van der Waals surface area contributed by atoms with E-state index in [0.29, 0.717) is 28.1 Å². The van der Waals surface area contributed by atoms with Gasteiger partial charge in [-0.05, 0) is 31.0 Å². The van der Waals surface area contributed by atoms with Crippen molar-refractivity contribution in [3.63, 3.8) is 0 Å². The summed E-state index contributed by atoms with van der Waals surface area (Å²) in [5, 5.41) is 7.63. The van der Waals surface area contributed by atoms with E-state index < -0.39 is 0 Å². The molecule has 3 aromatic rings. The summed E-state index contributed by atoms with van der Waals surface area (Å²) in [5.74, 6) is 1.56. The van der Waals surface area contributed by atoms with E-state index in [0.717, 1.165) is 12.8 Å². The van der Waals surface area contributed by atoms with E-state index in [4.69, 9.17) is 16.3 Å². The fourth-order valence-corrected chi connectivity index (χ4v) is 2.37. The van der Waals surface area contributed by atoms with Gasteiger partial charge in [-0.25, -0.2) is 9.50 Å². The minimum absolute atomic E-state index is 0.0148. The number of carbonyl (C=O) groups is 1.